The number of hydrogen-bond acceptors (Lipinski definition) is 7. The zero-order valence-corrected chi connectivity index (χ0v) is 20.1. The number of rotatable bonds is 8. The number of hydrogen-bond donors (Lipinski definition) is 2. The molecule has 0 spiro atoms. The van der Waals surface area contributed by atoms with Crippen LogP contribution in [0.4, 0.5) is 20.5 Å². The quantitative estimate of drug-likeness (QED) is 0.257. The molecule has 1 saturated carbocycles. The Morgan fingerprint density at radius 2 is 1.82 bits per heavy atom. The number of pyridine rings is 1. The van der Waals surface area contributed by atoms with Crippen LogP contribution < -0.4 is 14.8 Å². The summed E-state index contributed by atoms with van der Waals surface area (Å²) in [5.41, 5.74) is 1.61. The van der Waals surface area contributed by atoms with E-state index in [4.69, 9.17) is 16.3 Å². The van der Waals surface area contributed by atoms with Crippen molar-refractivity contribution in [3.05, 3.63) is 64.4 Å². The van der Waals surface area contributed by atoms with Gasteiger partial charge in [-0.15, -0.1) is 0 Å². The van der Waals surface area contributed by atoms with Crippen LogP contribution >= 0.6 is 23.5 Å². The second kappa shape index (κ2) is 11.5. The van der Waals surface area contributed by atoms with Crippen molar-refractivity contribution in [1.82, 2.24) is 15.0 Å². The molecule has 6 nitrogen and oxygen atoms in total. The fourth-order valence-corrected chi connectivity index (χ4v) is 4.52. The molecule has 0 aliphatic heterocycles. The largest absolute Gasteiger partial charge is 0.481 e. The summed E-state index contributed by atoms with van der Waals surface area (Å²) in [5, 5.41) is 3.12. The molecular formula is C24H24ClF2N5OS. The second-order valence-electron chi connectivity index (χ2n) is 7.83. The highest BCUT2D eigenvalue weighted by atomic mass is 35.5. The van der Waals surface area contributed by atoms with Gasteiger partial charge in [-0.25, -0.2) is 18.7 Å². The molecule has 0 bridgehead atoms. The lowest BCUT2D eigenvalue weighted by Crippen LogP contribution is -2.23. The molecule has 10 heteroatoms. The smallest absolute Gasteiger partial charge is 0.222 e. The van der Waals surface area contributed by atoms with Crippen LogP contribution in [0.1, 0.15) is 43.2 Å². The number of aromatic nitrogens is 3. The number of halogens is 3. The van der Waals surface area contributed by atoms with Gasteiger partial charge in [0.15, 0.2) is 11.6 Å². The van der Waals surface area contributed by atoms with Crippen LogP contribution in [0.25, 0.3) is 12.2 Å². The van der Waals surface area contributed by atoms with E-state index in [1.165, 1.54) is 32.4 Å². The molecule has 4 rings (SSSR count). The van der Waals surface area contributed by atoms with Crippen molar-refractivity contribution in [2.75, 3.05) is 17.1 Å². The summed E-state index contributed by atoms with van der Waals surface area (Å²) < 4.78 is 35.2. The second-order valence-corrected chi connectivity index (χ2v) is 9.05. The lowest BCUT2D eigenvalue weighted by molar-refractivity contribution is 0.397. The Hall–Kier alpha value is -2.91. The third-order valence-electron chi connectivity index (χ3n) is 5.41. The van der Waals surface area contributed by atoms with E-state index in [1.54, 1.807) is 18.5 Å². The van der Waals surface area contributed by atoms with Crippen molar-refractivity contribution >= 4 is 47.5 Å². The van der Waals surface area contributed by atoms with Crippen LogP contribution in [0.15, 0.2) is 41.6 Å². The van der Waals surface area contributed by atoms with Crippen molar-refractivity contribution in [3.8, 4) is 5.88 Å². The molecular weight excluding hydrogens is 480 g/mol. The minimum absolute atomic E-state index is 0.286. The third kappa shape index (κ3) is 6.15. The van der Waals surface area contributed by atoms with Crippen molar-refractivity contribution in [3.63, 3.8) is 0 Å². The molecule has 0 amide bonds. The van der Waals surface area contributed by atoms with Gasteiger partial charge in [-0.05, 0) is 55.1 Å². The number of nitrogens with zero attached hydrogens (tertiary/aromatic N) is 3. The molecule has 0 atom stereocenters. The summed E-state index contributed by atoms with van der Waals surface area (Å²) in [5.74, 6) is -0.555. The Morgan fingerprint density at radius 3 is 2.56 bits per heavy atom. The van der Waals surface area contributed by atoms with Gasteiger partial charge >= 0.3 is 0 Å². The van der Waals surface area contributed by atoms with Gasteiger partial charge < -0.3 is 14.8 Å². The molecule has 1 fully saturated rings. The Bertz CT molecular complexity index is 1160. The zero-order valence-electron chi connectivity index (χ0n) is 18.5. The fraction of sp³-hybridized carbons (Fsp3) is 0.292. The molecule has 178 valence electrons. The van der Waals surface area contributed by atoms with E-state index in [-0.39, 0.29) is 5.02 Å². The van der Waals surface area contributed by atoms with Crippen LogP contribution in [0.5, 0.6) is 5.88 Å². The van der Waals surface area contributed by atoms with Crippen LogP contribution in [0, 0.1) is 11.6 Å². The first-order valence-corrected chi connectivity index (χ1v) is 12.1. The first kappa shape index (κ1) is 24.2. The van der Waals surface area contributed by atoms with E-state index < -0.39 is 11.6 Å². The Balaban J connectivity index is 1.39. The molecule has 2 aromatic heterocycles. The van der Waals surface area contributed by atoms with Gasteiger partial charge in [-0.3, -0.25) is 0 Å². The molecule has 0 unspecified atom stereocenters. The molecule has 2 N–H and O–H groups in total. The normalized spacial score (nSPS) is 14.4. The zero-order chi connectivity index (χ0) is 23.9. The van der Waals surface area contributed by atoms with Crippen molar-refractivity contribution < 1.29 is 13.5 Å². The maximum absolute atomic E-state index is 13.6. The fourth-order valence-electron chi connectivity index (χ4n) is 3.61. The van der Waals surface area contributed by atoms with Crippen LogP contribution in [-0.4, -0.2) is 28.1 Å². The van der Waals surface area contributed by atoms with Gasteiger partial charge in [0.25, 0.3) is 0 Å². The first-order chi connectivity index (χ1) is 16.5. The first-order valence-electron chi connectivity index (χ1n) is 10.9. The van der Waals surface area contributed by atoms with Gasteiger partial charge in [-0.1, -0.05) is 36.9 Å². The highest BCUT2D eigenvalue weighted by Crippen LogP contribution is 2.32. The average Bonchev–Trinajstić information content (AvgIpc) is 2.87. The lowest BCUT2D eigenvalue weighted by Gasteiger charge is -2.22. The Kier molecular flexibility index (Phi) is 8.18. The maximum Gasteiger partial charge on any atom is 0.222 e. The van der Waals surface area contributed by atoms with E-state index in [9.17, 15) is 8.78 Å². The van der Waals surface area contributed by atoms with Gasteiger partial charge in [0.2, 0.25) is 11.8 Å². The SMILES string of the molecule is COc1nc(NSc2ccc(F)c(F)c2Cl)ccc1/C=C/c1cnc(NC2CCCCC2)nc1. The number of nitrogens with one attached hydrogen (secondary N) is 2. The molecule has 1 aliphatic rings. The number of anilines is 2. The summed E-state index contributed by atoms with van der Waals surface area (Å²) >= 11 is 6.89. The van der Waals surface area contributed by atoms with Crippen molar-refractivity contribution in [2.45, 2.75) is 43.0 Å². The molecule has 1 aromatic carbocycles. The molecule has 0 saturated heterocycles. The van der Waals surface area contributed by atoms with Crippen LogP contribution in [0.2, 0.25) is 5.02 Å². The topological polar surface area (TPSA) is 72.0 Å². The van der Waals surface area contributed by atoms with Gasteiger partial charge in [0.1, 0.15) is 5.82 Å². The average molecular weight is 504 g/mol. The number of ether oxygens (including phenoxy) is 1. The summed E-state index contributed by atoms with van der Waals surface area (Å²) in [6, 6.07) is 6.45. The highest BCUT2D eigenvalue weighted by molar-refractivity contribution is 8.00. The number of methoxy groups -OCH3 is 1. The third-order valence-corrected chi connectivity index (χ3v) is 6.77. The molecule has 3 aromatic rings. The predicted molar refractivity (Wildman–Crippen MR) is 133 cm³/mol. The highest BCUT2D eigenvalue weighted by Gasteiger charge is 2.14. The molecule has 1 aliphatic carbocycles. The monoisotopic (exact) mass is 503 g/mol. The Labute approximate surface area is 206 Å². The van der Waals surface area contributed by atoms with Gasteiger partial charge in [0.05, 0.1) is 17.0 Å². The lowest BCUT2D eigenvalue weighted by atomic mass is 9.96. The minimum Gasteiger partial charge on any atom is -0.481 e. The van der Waals surface area contributed by atoms with Gasteiger partial charge in [0, 0.05) is 29.6 Å². The summed E-state index contributed by atoms with van der Waals surface area (Å²) in [7, 11) is 1.53. The van der Waals surface area contributed by atoms with E-state index in [1.807, 2.05) is 18.2 Å². The molecule has 2 heterocycles. The summed E-state index contributed by atoms with van der Waals surface area (Å²) in [6.07, 6.45) is 13.4. The van der Waals surface area contributed by atoms with E-state index in [2.05, 4.69) is 25.0 Å². The maximum atomic E-state index is 13.6. The van der Waals surface area contributed by atoms with Crippen molar-refractivity contribution in [1.29, 1.82) is 0 Å². The van der Waals surface area contributed by atoms with E-state index >= 15 is 0 Å². The van der Waals surface area contributed by atoms with Crippen molar-refractivity contribution in [2.24, 2.45) is 0 Å². The summed E-state index contributed by atoms with van der Waals surface area (Å²) in [4.78, 5) is 13.6. The van der Waals surface area contributed by atoms with Crippen LogP contribution in [-0.2, 0) is 0 Å². The standard InChI is InChI=1S/C24H24ClF2N5OS/c1-33-23-16(8-7-15-13-28-24(29-14-15)30-17-5-3-2-4-6-17)9-12-20(31-23)32-34-19-11-10-18(26)22(27)21(19)25/h7-14,17H,2-6H2,1H3,(H,31,32)(H,28,29,30)/b8-7+. The van der Waals surface area contributed by atoms with Crippen LogP contribution in [0.3, 0.4) is 0 Å². The predicted octanol–water partition coefficient (Wildman–Crippen LogP) is 6.85. The Morgan fingerprint density at radius 1 is 1.06 bits per heavy atom. The van der Waals surface area contributed by atoms with E-state index in [0.29, 0.717) is 28.6 Å². The number of benzene rings is 1. The summed E-state index contributed by atoms with van der Waals surface area (Å²) in [6.45, 7) is 0. The van der Waals surface area contributed by atoms with Gasteiger partial charge in [-0.2, -0.15) is 4.98 Å². The molecule has 0 radical (unpaired) electrons. The minimum atomic E-state index is -1.08. The van der Waals surface area contributed by atoms with E-state index in [0.717, 1.165) is 42.0 Å². The molecule has 34 heavy (non-hydrogen) atoms.